The van der Waals surface area contributed by atoms with Crippen molar-refractivity contribution >= 4 is 21.6 Å². The third-order valence-corrected chi connectivity index (χ3v) is 6.34. The summed E-state index contributed by atoms with van der Waals surface area (Å²) < 4.78 is 0. The summed E-state index contributed by atoms with van der Waals surface area (Å²) in [6.07, 6.45) is -0.329. The van der Waals surface area contributed by atoms with E-state index < -0.39 is 0 Å². The second-order valence-corrected chi connectivity index (χ2v) is 6.90. The summed E-state index contributed by atoms with van der Waals surface area (Å²) in [5.74, 6) is 0. The summed E-state index contributed by atoms with van der Waals surface area (Å²) in [6, 6.07) is 20.5. The first-order chi connectivity index (χ1) is 8.86. The molecule has 2 unspecified atom stereocenters. The molecule has 3 heteroatoms. The zero-order valence-corrected chi connectivity index (χ0v) is 11.4. The molecule has 3 rings (SSSR count). The fourth-order valence-corrected chi connectivity index (χ4v) is 5.67. The molecule has 2 aromatic rings. The van der Waals surface area contributed by atoms with E-state index in [2.05, 4.69) is 24.3 Å². The molecule has 1 aliphatic heterocycles. The van der Waals surface area contributed by atoms with E-state index in [1.807, 2.05) is 36.4 Å². The minimum atomic E-state index is -0.329. The molecule has 1 fully saturated rings. The van der Waals surface area contributed by atoms with Crippen molar-refractivity contribution in [2.45, 2.75) is 16.6 Å². The Morgan fingerprint density at radius 1 is 0.667 bits per heavy atom. The van der Waals surface area contributed by atoms with Crippen molar-refractivity contribution in [1.82, 2.24) is 0 Å². The molecule has 18 heavy (non-hydrogen) atoms. The Balaban J connectivity index is 1.83. The maximum Gasteiger partial charge on any atom is 0.0875 e. The van der Waals surface area contributed by atoms with E-state index >= 15 is 0 Å². The molecule has 92 valence electrons. The third-order valence-electron chi connectivity index (χ3n) is 3.14. The molecule has 1 saturated heterocycles. The van der Waals surface area contributed by atoms with E-state index in [0.29, 0.717) is 0 Å². The van der Waals surface area contributed by atoms with Gasteiger partial charge >= 0.3 is 0 Å². The van der Waals surface area contributed by atoms with Crippen LogP contribution in [0.1, 0.15) is 21.6 Å². The molecule has 2 atom stereocenters. The highest BCUT2D eigenvalue weighted by Crippen LogP contribution is 2.58. The molecule has 0 radical (unpaired) electrons. The molecule has 0 aliphatic carbocycles. The van der Waals surface area contributed by atoms with Crippen LogP contribution in [-0.4, -0.2) is 11.2 Å². The van der Waals surface area contributed by atoms with Crippen LogP contribution in [0.25, 0.3) is 0 Å². The van der Waals surface area contributed by atoms with Crippen LogP contribution < -0.4 is 0 Å². The SMILES string of the molecule is OC1C(c2ccccc2)SSC1c1ccccc1. The fraction of sp³-hybridized carbons (Fsp3) is 0.200. The lowest BCUT2D eigenvalue weighted by Gasteiger charge is -2.17. The highest BCUT2D eigenvalue weighted by molar-refractivity contribution is 8.77. The molecule has 0 amide bonds. The second kappa shape index (κ2) is 5.39. The molecule has 0 spiro atoms. The first-order valence-corrected chi connectivity index (χ1v) is 8.24. The van der Waals surface area contributed by atoms with Crippen molar-refractivity contribution in [2.75, 3.05) is 0 Å². The molecular weight excluding hydrogens is 260 g/mol. The molecule has 0 bridgehead atoms. The molecule has 1 heterocycles. The van der Waals surface area contributed by atoms with Gasteiger partial charge in [-0.2, -0.15) is 0 Å². The maximum absolute atomic E-state index is 10.5. The van der Waals surface area contributed by atoms with Gasteiger partial charge in [-0.15, -0.1) is 0 Å². The van der Waals surface area contributed by atoms with Gasteiger partial charge < -0.3 is 5.11 Å². The number of aliphatic hydroxyl groups is 1. The maximum atomic E-state index is 10.5. The lowest BCUT2D eigenvalue weighted by atomic mass is 10.0. The van der Waals surface area contributed by atoms with Gasteiger partial charge in [0.25, 0.3) is 0 Å². The number of aliphatic hydroxyl groups excluding tert-OH is 1. The topological polar surface area (TPSA) is 20.2 Å². The van der Waals surface area contributed by atoms with Crippen LogP contribution in [-0.2, 0) is 0 Å². The number of rotatable bonds is 2. The van der Waals surface area contributed by atoms with E-state index in [1.54, 1.807) is 21.6 Å². The zero-order valence-electron chi connectivity index (χ0n) is 9.77. The fourth-order valence-electron chi connectivity index (χ4n) is 2.18. The van der Waals surface area contributed by atoms with Gasteiger partial charge in [0, 0.05) is 0 Å². The van der Waals surface area contributed by atoms with Crippen molar-refractivity contribution < 1.29 is 5.11 Å². The third kappa shape index (κ3) is 2.30. The Kier molecular flexibility index (Phi) is 3.64. The summed E-state index contributed by atoms with van der Waals surface area (Å²) in [6.45, 7) is 0. The van der Waals surface area contributed by atoms with Gasteiger partial charge in [0.1, 0.15) is 0 Å². The smallest absolute Gasteiger partial charge is 0.0875 e. The number of hydrogen-bond donors (Lipinski definition) is 1. The van der Waals surface area contributed by atoms with Crippen LogP contribution >= 0.6 is 21.6 Å². The van der Waals surface area contributed by atoms with Crippen LogP contribution in [0.2, 0.25) is 0 Å². The molecule has 1 nitrogen and oxygen atoms in total. The van der Waals surface area contributed by atoms with Crippen molar-refractivity contribution in [1.29, 1.82) is 0 Å². The van der Waals surface area contributed by atoms with Crippen molar-refractivity contribution in [3.05, 3.63) is 71.8 Å². The Morgan fingerprint density at radius 3 is 1.44 bits per heavy atom. The average Bonchev–Trinajstić information content (AvgIpc) is 2.83. The van der Waals surface area contributed by atoms with Crippen LogP contribution in [0.5, 0.6) is 0 Å². The van der Waals surface area contributed by atoms with Crippen LogP contribution in [0.4, 0.5) is 0 Å². The Labute approximate surface area is 115 Å². The van der Waals surface area contributed by atoms with E-state index in [4.69, 9.17) is 0 Å². The Morgan fingerprint density at radius 2 is 1.06 bits per heavy atom. The number of benzene rings is 2. The number of hydrogen-bond acceptors (Lipinski definition) is 3. The summed E-state index contributed by atoms with van der Waals surface area (Å²) in [5, 5.41) is 10.8. The van der Waals surface area contributed by atoms with Crippen molar-refractivity contribution in [2.24, 2.45) is 0 Å². The molecule has 2 aromatic carbocycles. The largest absolute Gasteiger partial charge is 0.390 e. The second-order valence-electron chi connectivity index (χ2n) is 4.35. The summed E-state index contributed by atoms with van der Waals surface area (Å²) in [4.78, 5) is 0. The minimum Gasteiger partial charge on any atom is -0.390 e. The van der Waals surface area contributed by atoms with Gasteiger partial charge in [0.2, 0.25) is 0 Å². The first kappa shape index (κ1) is 12.2. The van der Waals surface area contributed by atoms with E-state index in [9.17, 15) is 5.11 Å². The van der Waals surface area contributed by atoms with Crippen molar-refractivity contribution in [3.63, 3.8) is 0 Å². The van der Waals surface area contributed by atoms with Gasteiger partial charge in [0.15, 0.2) is 0 Å². The molecular formula is C15H14OS2. The standard InChI is InChI=1S/C15H14OS2/c16-13-14(11-7-3-1-4-8-11)17-18-15(13)12-9-5-2-6-10-12/h1-10,13-16H. The zero-order chi connectivity index (χ0) is 12.4. The molecule has 0 saturated carbocycles. The Bertz CT molecular complexity index is 453. The minimum absolute atomic E-state index is 0.168. The normalized spacial score (nSPS) is 27.3. The Hall–Kier alpha value is -0.900. The van der Waals surface area contributed by atoms with Crippen molar-refractivity contribution in [3.8, 4) is 0 Å². The highest BCUT2D eigenvalue weighted by Gasteiger charge is 2.38. The molecule has 0 aromatic heterocycles. The monoisotopic (exact) mass is 274 g/mol. The van der Waals surface area contributed by atoms with E-state index in [0.717, 1.165) is 0 Å². The predicted molar refractivity (Wildman–Crippen MR) is 79.6 cm³/mol. The summed E-state index contributed by atoms with van der Waals surface area (Å²) in [5.41, 5.74) is 2.42. The van der Waals surface area contributed by atoms with Gasteiger partial charge in [-0.1, -0.05) is 82.3 Å². The summed E-state index contributed by atoms with van der Waals surface area (Å²) >= 11 is 0. The van der Waals surface area contributed by atoms with Gasteiger partial charge in [-0.3, -0.25) is 0 Å². The predicted octanol–water partition coefficient (Wildman–Crippen LogP) is 4.22. The van der Waals surface area contributed by atoms with Crippen LogP contribution in [0.3, 0.4) is 0 Å². The quantitative estimate of drug-likeness (QED) is 0.828. The average molecular weight is 274 g/mol. The van der Waals surface area contributed by atoms with E-state index in [1.165, 1.54) is 11.1 Å². The van der Waals surface area contributed by atoms with Crippen LogP contribution in [0, 0.1) is 0 Å². The van der Waals surface area contributed by atoms with E-state index in [-0.39, 0.29) is 16.6 Å². The van der Waals surface area contributed by atoms with Gasteiger partial charge in [-0.05, 0) is 11.1 Å². The van der Waals surface area contributed by atoms with Gasteiger partial charge in [0.05, 0.1) is 16.6 Å². The van der Waals surface area contributed by atoms with Gasteiger partial charge in [-0.25, -0.2) is 0 Å². The first-order valence-electron chi connectivity index (χ1n) is 5.96. The van der Waals surface area contributed by atoms with Crippen LogP contribution in [0.15, 0.2) is 60.7 Å². The summed E-state index contributed by atoms with van der Waals surface area (Å²) in [7, 11) is 3.55. The lowest BCUT2D eigenvalue weighted by Crippen LogP contribution is -2.16. The molecule has 1 N–H and O–H groups in total. The highest BCUT2D eigenvalue weighted by atomic mass is 33.1. The molecule has 1 aliphatic rings. The lowest BCUT2D eigenvalue weighted by molar-refractivity contribution is 0.172.